The van der Waals surface area contributed by atoms with Gasteiger partial charge in [0.25, 0.3) is 0 Å². The molecule has 1 aliphatic rings. The second-order valence-electron chi connectivity index (χ2n) is 5.62. The zero-order valence-electron chi connectivity index (χ0n) is 10.7. The first kappa shape index (κ1) is 12.6. The fourth-order valence-electron chi connectivity index (χ4n) is 2.83. The molecule has 1 saturated carbocycles. The SMILES string of the molecule is Cn1ncc(Cl)c1C(=O)C1CCCCC1(C)C. The third kappa shape index (κ3) is 2.25. The number of halogens is 1. The summed E-state index contributed by atoms with van der Waals surface area (Å²) < 4.78 is 1.59. The minimum Gasteiger partial charge on any atom is -0.292 e. The summed E-state index contributed by atoms with van der Waals surface area (Å²) in [5.41, 5.74) is 0.634. The molecule has 0 amide bonds. The summed E-state index contributed by atoms with van der Waals surface area (Å²) >= 11 is 6.05. The zero-order valence-corrected chi connectivity index (χ0v) is 11.4. The molecule has 0 aromatic carbocycles. The van der Waals surface area contributed by atoms with Crippen LogP contribution in [0.25, 0.3) is 0 Å². The Labute approximate surface area is 107 Å². The van der Waals surface area contributed by atoms with Crippen molar-refractivity contribution >= 4 is 17.4 Å². The molecule has 1 fully saturated rings. The third-order valence-electron chi connectivity index (χ3n) is 3.95. The van der Waals surface area contributed by atoms with Gasteiger partial charge in [0.1, 0.15) is 5.69 Å². The number of hydrogen-bond acceptors (Lipinski definition) is 2. The van der Waals surface area contributed by atoms with Gasteiger partial charge in [0, 0.05) is 13.0 Å². The van der Waals surface area contributed by atoms with Crippen molar-refractivity contribution in [3.63, 3.8) is 0 Å². The Morgan fingerprint density at radius 2 is 2.24 bits per heavy atom. The highest BCUT2D eigenvalue weighted by molar-refractivity contribution is 6.33. The fourth-order valence-corrected chi connectivity index (χ4v) is 3.09. The summed E-state index contributed by atoms with van der Waals surface area (Å²) in [6.45, 7) is 4.36. The first-order chi connectivity index (χ1) is 7.93. The van der Waals surface area contributed by atoms with Crippen molar-refractivity contribution in [1.29, 1.82) is 0 Å². The van der Waals surface area contributed by atoms with Crippen molar-refractivity contribution in [3.8, 4) is 0 Å². The van der Waals surface area contributed by atoms with Crippen LogP contribution >= 0.6 is 11.6 Å². The smallest absolute Gasteiger partial charge is 0.185 e. The van der Waals surface area contributed by atoms with Crippen LogP contribution in [0.2, 0.25) is 5.02 Å². The van der Waals surface area contributed by atoms with Gasteiger partial charge in [-0.1, -0.05) is 38.3 Å². The van der Waals surface area contributed by atoms with E-state index in [0.717, 1.165) is 19.3 Å². The van der Waals surface area contributed by atoms with E-state index in [1.54, 1.807) is 17.9 Å². The predicted octanol–water partition coefficient (Wildman–Crippen LogP) is 3.47. The van der Waals surface area contributed by atoms with Crippen molar-refractivity contribution in [3.05, 3.63) is 16.9 Å². The lowest BCUT2D eigenvalue weighted by Crippen LogP contribution is -2.35. The summed E-state index contributed by atoms with van der Waals surface area (Å²) in [6.07, 6.45) is 5.97. The molecule has 1 atom stereocenters. The van der Waals surface area contributed by atoms with E-state index in [0.29, 0.717) is 10.7 Å². The molecule has 94 valence electrons. The van der Waals surface area contributed by atoms with Gasteiger partial charge in [0.2, 0.25) is 0 Å². The second kappa shape index (κ2) is 4.45. The van der Waals surface area contributed by atoms with Crippen LogP contribution in [0.5, 0.6) is 0 Å². The van der Waals surface area contributed by atoms with E-state index in [2.05, 4.69) is 18.9 Å². The van der Waals surface area contributed by atoms with E-state index in [1.807, 2.05) is 0 Å². The van der Waals surface area contributed by atoms with Crippen LogP contribution in [0.4, 0.5) is 0 Å². The third-order valence-corrected chi connectivity index (χ3v) is 4.23. The number of aromatic nitrogens is 2. The largest absolute Gasteiger partial charge is 0.292 e. The van der Waals surface area contributed by atoms with E-state index in [9.17, 15) is 4.79 Å². The molecule has 1 unspecified atom stereocenters. The van der Waals surface area contributed by atoms with E-state index in [4.69, 9.17) is 11.6 Å². The van der Waals surface area contributed by atoms with E-state index < -0.39 is 0 Å². The van der Waals surface area contributed by atoms with Gasteiger partial charge in [0.15, 0.2) is 5.78 Å². The van der Waals surface area contributed by atoms with Gasteiger partial charge < -0.3 is 0 Å². The normalized spacial score (nSPS) is 23.6. The highest BCUT2D eigenvalue weighted by atomic mass is 35.5. The van der Waals surface area contributed by atoms with Crippen molar-refractivity contribution in [2.75, 3.05) is 0 Å². The number of rotatable bonds is 2. The maximum Gasteiger partial charge on any atom is 0.185 e. The first-order valence-corrected chi connectivity index (χ1v) is 6.53. The maximum absolute atomic E-state index is 12.6. The van der Waals surface area contributed by atoms with Gasteiger partial charge in [-0.2, -0.15) is 5.10 Å². The van der Waals surface area contributed by atoms with Crippen molar-refractivity contribution < 1.29 is 4.79 Å². The quantitative estimate of drug-likeness (QED) is 0.758. The molecule has 3 nitrogen and oxygen atoms in total. The molecule has 0 N–H and O–H groups in total. The van der Waals surface area contributed by atoms with Crippen LogP contribution in [-0.2, 0) is 7.05 Å². The van der Waals surface area contributed by atoms with Crippen LogP contribution in [0, 0.1) is 11.3 Å². The Morgan fingerprint density at radius 1 is 1.53 bits per heavy atom. The number of hydrogen-bond donors (Lipinski definition) is 0. The van der Waals surface area contributed by atoms with Crippen LogP contribution < -0.4 is 0 Å². The van der Waals surface area contributed by atoms with Crippen molar-refractivity contribution in [2.24, 2.45) is 18.4 Å². The molecule has 0 saturated heterocycles. The second-order valence-corrected chi connectivity index (χ2v) is 6.02. The molecular formula is C13H19ClN2O. The summed E-state index contributed by atoms with van der Waals surface area (Å²) in [7, 11) is 1.77. The van der Waals surface area contributed by atoms with Crippen LogP contribution in [0.15, 0.2) is 6.20 Å². The molecule has 17 heavy (non-hydrogen) atoms. The lowest BCUT2D eigenvalue weighted by Gasteiger charge is -2.37. The number of carbonyl (C=O) groups is 1. The lowest BCUT2D eigenvalue weighted by molar-refractivity contribution is 0.0687. The zero-order chi connectivity index (χ0) is 12.6. The number of carbonyl (C=O) groups excluding carboxylic acids is 1. The van der Waals surface area contributed by atoms with Gasteiger partial charge in [-0.25, -0.2) is 0 Å². The maximum atomic E-state index is 12.6. The van der Waals surface area contributed by atoms with E-state index >= 15 is 0 Å². The van der Waals surface area contributed by atoms with Crippen LogP contribution in [-0.4, -0.2) is 15.6 Å². The number of aryl methyl sites for hydroxylation is 1. The lowest BCUT2D eigenvalue weighted by atomic mass is 9.67. The Balaban J connectivity index is 2.31. The van der Waals surface area contributed by atoms with Crippen molar-refractivity contribution in [2.45, 2.75) is 39.5 Å². The summed E-state index contributed by atoms with van der Waals surface area (Å²) in [5.74, 6) is 0.226. The van der Waals surface area contributed by atoms with Crippen LogP contribution in [0.1, 0.15) is 50.0 Å². The minimum absolute atomic E-state index is 0.0724. The van der Waals surface area contributed by atoms with Gasteiger partial charge in [-0.3, -0.25) is 9.48 Å². The molecule has 0 radical (unpaired) electrons. The monoisotopic (exact) mass is 254 g/mol. The van der Waals surface area contributed by atoms with Crippen molar-refractivity contribution in [1.82, 2.24) is 9.78 Å². The average Bonchev–Trinajstić information content (AvgIpc) is 2.57. The van der Waals surface area contributed by atoms with Gasteiger partial charge in [-0.15, -0.1) is 0 Å². The number of nitrogens with zero attached hydrogens (tertiary/aromatic N) is 2. The fraction of sp³-hybridized carbons (Fsp3) is 0.692. The molecule has 2 rings (SSSR count). The molecule has 1 aliphatic carbocycles. The van der Waals surface area contributed by atoms with Gasteiger partial charge >= 0.3 is 0 Å². The summed E-state index contributed by atoms with van der Waals surface area (Å²) in [6, 6.07) is 0. The first-order valence-electron chi connectivity index (χ1n) is 6.15. The predicted molar refractivity (Wildman–Crippen MR) is 68.3 cm³/mol. The van der Waals surface area contributed by atoms with Crippen LogP contribution in [0.3, 0.4) is 0 Å². The molecule has 4 heteroatoms. The Bertz CT molecular complexity index is 417. The molecule has 0 bridgehead atoms. The van der Waals surface area contributed by atoms with Gasteiger partial charge in [-0.05, 0) is 18.3 Å². The molecule has 0 spiro atoms. The molecule has 0 aliphatic heterocycles. The number of Topliss-reactive ketones (excluding diaryl/α,β-unsaturated/α-hetero) is 1. The highest BCUT2D eigenvalue weighted by Crippen LogP contribution is 2.42. The van der Waals surface area contributed by atoms with Gasteiger partial charge in [0.05, 0.1) is 11.2 Å². The minimum atomic E-state index is 0.0724. The molecule has 1 aromatic rings. The van der Waals surface area contributed by atoms with E-state index in [1.165, 1.54) is 6.42 Å². The highest BCUT2D eigenvalue weighted by Gasteiger charge is 2.39. The molecule has 1 aromatic heterocycles. The summed E-state index contributed by atoms with van der Waals surface area (Å²) in [5, 5.41) is 4.51. The average molecular weight is 255 g/mol. The molecular weight excluding hydrogens is 236 g/mol. The number of ketones is 1. The summed E-state index contributed by atoms with van der Waals surface area (Å²) in [4.78, 5) is 12.6. The Kier molecular flexibility index (Phi) is 3.30. The Morgan fingerprint density at radius 3 is 2.76 bits per heavy atom. The Hall–Kier alpha value is -0.830. The van der Waals surface area contributed by atoms with E-state index in [-0.39, 0.29) is 17.1 Å². The molecule has 1 heterocycles. The standard InChI is InChI=1S/C13H19ClN2O/c1-13(2)7-5-4-6-9(13)12(17)11-10(14)8-15-16(11)3/h8-9H,4-7H2,1-3H3. The topological polar surface area (TPSA) is 34.9 Å².